The van der Waals surface area contributed by atoms with Crippen molar-refractivity contribution < 1.29 is 9.53 Å². The third-order valence-corrected chi connectivity index (χ3v) is 3.31. The molecule has 0 bridgehead atoms. The van der Waals surface area contributed by atoms with Gasteiger partial charge in [-0.05, 0) is 36.5 Å². The Balaban J connectivity index is 2.01. The number of carbonyl (C=O) groups is 1. The van der Waals surface area contributed by atoms with Crippen LogP contribution in [0.15, 0.2) is 18.2 Å². The second kappa shape index (κ2) is 4.65. The first-order valence-electron chi connectivity index (χ1n) is 5.83. The van der Waals surface area contributed by atoms with E-state index < -0.39 is 0 Å². The molecule has 1 fully saturated rings. The summed E-state index contributed by atoms with van der Waals surface area (Å²) in [5, 5.41) is 2.91. The van der Waals surface area contributed by atoms with E-state index in [1.54, 1.807) is 25.3 Å². The van der Waals surface area contributed by atoms with Gasteiger partial charge in [-0.1, -0.05) is 6.92 Å². The van der Waals surface area contributed by atoms with Crippen molar-refractivity contribution in [1.29, 1.82) is 0 Å². The Hall–Kier alpha value is -1.71. The van der Waals surface area contributed by atoms with E-state index in [0.29, 0.717) is 22.9 Å². The molecule has 4 heteroatoms. The topological polar surface area (TPSA) is 64.3 Å². The predicted octanol–water partition coefficient (Wildman–Crippen LogP) is 1.66. The standard InChI is InChI=1S/C13H18N2O2/c1-8-5-9(8)7-15-13(16)11-6-10(17-2)3-4-12(11)14/h3-4,6,8-9H,5,7,14H2,1-2H3,(H,15,16). The lowest BCUT2D eigenvalue weighted by Crippen LogP contribution is -2.26. The largest absolute Gasteiger partial charge is 0.497 e. The number of hydrogen-bond acceptors (Lipinski definition) is 3. The molecule has 1 aromatic rings. The number of anilines is 1. The van der Waals surface area contributed by atoms with Crippen molar-refractivity contribution in [3.8, 4) is 5.75 Å². The van der Waals surface area contributed by atoms with Crippen molar-refractivity contribution in [2.75, 3.05) is 19.4 Å². The summed E-state index contributed by atoms with van der Waals surface area (Å²) in [6.45, 7) is 2.92. The van der Waals surface area contributed by atoms with E-state index in [1.165, 1.54) is 6.42 Å². The number of hydrogen-bond donors (Lipinski definition) is 2. The molecule has 2 unspecified atom stereocenters. The van der Waals surface area contributed by atoms with Gasteiger partial charge in [-0.25, -0.2) is 0 Å². The van der Waals surface area contributed by atoms with Gasteiger partial charge in [0.1, 0.15) is 5.75 Å². The zero-order chi connectivity index (χ0) is 12.4. The number of methoxy groups -OCH3 is 1. The molecule has 0 heterocycles. The van der Waals surface area contributed by atoms with E-state index >= 15 is 0 Å². The normalized spacial score (nSPS) is 22.0. The van der Waals surface area contributed by atoms with Gasteiger partial charge in [-0.3, -0.25) is 4.79 Å². The van der Waals surface area contributed by atoms with Gasteiger partial charge in [-0.2, -0.15) is 0 Å². The number of nitrogens with one attached hydrogen (secondary N) is 1. The van der Waals surface area contributed by atoms with Gasteiger partial charge in [0, 0.05) is 12.2 Å². The SMILES string of the molecule is COc1ccc(N)c(C(=O)NCC2CC2C)c1. The molecule has 2 rings (SSSR count). The Bertz CT molecular complexity index is 431. The summed E-state index contributed by atoms with van der Waals surface area (Å²) in [5.74, 6) is 1.88. The second-order valence-corrected chi connectivity index (χ2v) is 4.64. The number of nitrogens with two attached hydrogens (primary N) is 1. The van der Waals surface area contributed by atoms with Crippen LogP contribution >= 0.6 is 0 Å². The number of nitrogen functional groups attached to an aromatic ring is 1. The van der Waals surface area contributed by atoms with Crippen LogP contribution in [0.5, 0.6) is 5.75 Å². The molecule has 0 aromatic heterocycles. The number of rotatable bonds is 4. The smallest absolute Gasteiger partial charge is 0.253 e. The summed E-state index contributed by atoms with van der Waals surface area (Å²) < 4.78 is 5.08. The van der Waals surface area contributed by atoms with E-state index in [2.05, 4.69) is 12.2 Å². The first-order chi connectivity index (χ1) is 8.11. The Kier molecular flexibility index (Phi) is 3.22. The number of amides is 1. The number of ether oxygens (including phenoxy) is 1. The van der Waals surface area contributed by atoms with Crippen LogP contribution in [-0.2, 0) is 0 Å². The maximum Gasteiger partial charge on any atom is 0.253 e. The predicted molar refractivity (Wildman–Crippen MR) is 67.0 cm³/mol. The van der Waals surface area contributed by atoms with Gasteiger partial charge in [0.05, 0.1) is 12.7 Å². The molecular weight excluding hydrogens is 216 g/mol. The van der Waals surface area contributed by atoms with Crippen molar-refractivity contribution in [3.05, 3.63) is 23.8 Å². The third-order valence-electron chi connectivity index (χ3n) is 3.31. The summed E-state index contributed by atoms with van der Waals surface area (Å²) >= 11 is 0. The van der Waals surface area contributed by atoms with E-state index in [9.17, 15) is 4.79 Å². The Morgan fingerprint density at radius 1 is 1.59 bits per heavy atom. The molecule has 0 radical (unpaired) electrons. The fourth-order valence-corrected chi connectivity index (χ4v) is 1.86. The van der Waals surface area contributed by atoms with Gasteiger partial charge >= 0.3 is 0 Å². The van der Waals surface area contributed by atoms with Crippen LogP contribution < -0.4 is 15.8 Å². The highest BCUT2D eigenvalue weighted by molar-refractivity contribution is 5.99. The molecule has 17 heavy (non-hydrogen) atoms. The minimum absolute atomic E-state index is 0.125. The van der Waals surface area contributed by atoms with Gasteiger partial charge in [0.2, 0.25) is 0 Å². The minimum Gasteiger partial charge on any atom is -0.497 e. The summed E-state index contributed by atoms with van der Waals surface area (Å²) in [4.78, 5) is 11.9. The fourth-order valence-electron chi connectivity index (χ4n) is 1.86. The van der Waals surface area contributed by atoms with Gasteiger partial charge in [0.15, 0.2) is 0 Å². The van der Waals surface area contributed by atoms with Gasteiger partial charge in [0.25, 0.3) is 5.91 Å². The summed E-state index contributed by atoms with van der Waals surface area (Å²) in [5.41, 5.74) is 6.74. The molecular formula is C13H18N2O2. The molecule has 0 saturated heterocycles. The molecule has 3 N–H and O–H groups in total. The molecule has 92 valence electrons. The molecule has 2 atom stereocenters. The average Bonchev–Trinajstić information content (AvgIpc) is 3.03. The molecule has 1 aliphatic rings. The van der Waals surface area contributed by atoms with Crippen molar-refractivity contribution in [3.63, 3.8) is 0 Å². The second-order valence-electron chi connectivity index (χ2n) is 4.64. The van der Waals surface area contributed by atoms with Crippen molar-refractivity contribution in [2.24, 2.45) is 11.8 Å². The summed E-state index contributed by atoms with van der Waals surface area (Å²) in [6, 6.07) is 5.10. The van der Waals surface area contributed by atoms with E-state index in [0.717, 1.165) is 12.5 Å². The minimum atomic E-state index is -0.125. The van der Waals surface area contributed by atoms with Crippen LogP contribution in [0.4, 0.5) is 5.69 Å². The molecule has 1 amide bonds. The van der Waals surface area contributed by atoms with Gasteiger partial charge < -0.3 is 15.8 Å². The van der Waals surface area contributed by atoms with E-state index in [1.807, 2.05) is 0 Å². The zero-order valence-corrected chi connectivity index (χ0v) is 10.2. The zero-order valence-electron chi connectivity index (χ0n) is 10.2. The van der Waals surface area contributed by atoms with Crippen molar-refractivity contribution in [2.45, 2.75) is 13.3 Å². The number of benzene rings is 1. The first-order valence-corrected chi connectivity index (χ1v) is 5.83. The Morgan fingerprint density at radius 2 is 2.29 bits per heavy atom. The highest BCUT2D eigenvalue weighted by Gasteiger charge is 2.32. The summed E-state index contributed by atoms with van der Waals surface area (Å²) in [6.07, 6.45) is 1.20. The highest BCUT2D eigenvalue weighted by atomic mass is 16.5. The fraction of sp³-hybridized carbons (Fsp3) is 0.462. The maximum absolute atomic E-state index is 11.9. The van der Waals surface area contributed by atoms with Crippen LogP contribution in [-0.4, -0.2) is 19.6 Å². The lowest BCUT2D eigenvalue weighted by atomic mass is 10.1. The van der Waals surface area contributed by atoms with Crippen LogP contribution in [0.3, 0.4) is 0 Å². The first kappa shape index (κ1) is 11.8. The molecule has 0 aliphatic heterocycles. The van der Waals surface area contributed by atoms with Crippen LogP contribution in [0, 0.1) is 11.8 Å². The van der Waals surface area contributed by atoms with E-state index in [4.69, 9.17) is 10.5 Å². The molecule has 0 spiro atoms. The quantitative estimate of drug-likeness (QED) is 0.779. The highest BCUT2D eigenvalue weighted by Crippen LogP contribution is 2.36. The third kappa shape index (κ3) is 2.70. The lowest BCUT2D eigenvalue weighted by Gasteiger charge is -2.08. The average molecular weight is 234 g/mol. The summed E-state index contributed by atoms with van der Waals surface area (Å²) in [7, 11) is 1.57. The van der Waals surface area contributed by atoms with E-state index in [-0.39, 0.29) is 5.91 Å². The monoisotopic (exact) mass is 234 g/mol. The molecule has 1 saturated carbocycles. The van der Waals surface area contributed by atoms with Gasteiger partial charge in [-0.15, -0.1) is 0 Å². The molecule has 1 aliphatic carbocycles. The lowest BCUT2D eigenvalue weighted by molar-refractivity contribution is 0.0952. The number of carbonyl (C=O) groups excluding carboxylic acids is 1. The van der Waals surface area contributed by atoms with Crippen LogP contribution in [0.2, 0.25) is 0 Å². The van der Waals surface area contributed by atoms with Crippen molar-refractivity contribution >= 4 is 11.6 Å². The van der Waals surface area contributed by atoms with Crippen LogP contribution in [0.25, 0.3) is 0 Å². The molecule has 4 nitrogen and oxygen atoms in total. The van der Waals surface area contributed by atoms with Crippen LogP contribution in [0.1, 0.15) is 23.7 Å². The van der Waals surface area contributed by atoms with Crippen molar-refractivity contribution in [1.82, 2.24) is 5.32 Å². The Morgan fingerprint density at radius 3 is 2.88 bits per heavy atom. The molecule has 1 aromatic carbocycles. The Labute approximate surface area is 101 Å². The maximum atomic E-state index is 11.9.